The summed E-state index contributed by atoms with van der Waals surface area (Å²) < 4.78 is 43.8. The third kappa shape index (κ3) is 4.03. The Hall–Kier alpha value is -0.940. The highest BCUT2D eigenvalue weighted by Crippen LogP contribution is 2.34. The summed E-state index contributed by atoms with van der Waals surface area (Å²) in [6.07, 6.45) is -2.54. The lowest BCUT2D eigenvalue weighted by Gasteiger charge is -2.20. The molecule has 2 rings (SSSR count). The minimum Gasteiger partial charge on any atom is -0.382 e. The Morgan fingerprint density at radius 2 is 2.05 bits per heavy atom. The van der Waals surface area contributed by atoms with Crippen molar-refractivity contribution in [1.82, 2.24) is 0 Å². The van der Waals surface area contributed by atoms with Crippen LogP contribution in [0.3, 0.4) is 0 Å². The number of ether oxygens (including phenoxy) is 1. The number of nitrogens with one attached hydrogen (secondary N) is 1. The van der Waals surface area contributed by atoms with Crippen LogP contribution >= 0.6 is 11.6 Å². The lowest BCUT2D eigenvalue weighted by atomic mass is 10.1. The Balaban J connectivity index is 2.02. The van der Waals surface area contributed by atoms with Gasteiger partial charge in [0.15, 0.2) is 0 Å². The first-order valence-corrected chi connectivity index (χ1v) is 6.83. The number of hydrogen-bond acceptors (Lipinski definition) is 2. The molecule has 0 amide bonds. The summed E-state index contributed by atoms with van der Waals surface area (Å²) in [5.41, 5.74) is -0.545. The van der Waals surface area contributed by atoms with Gasteiger partial charge in [0, 0.05) is 17.3 Å². The van der Waals surface area contributed by atoms with Gasteiger partial charge in [0.05, 0.1) is 17.3 Å². The zero-order valence-corrected chi connectivity index (χ0v) is 12.1. The quantitative estimate of drug-likeness (QED) is 0.871. The van der Waals surface area contributed by atoms with Crippen LogP contribution in [-0.2, 0) is 10.9 Å². The van der Waals surface area contributed by atoms with Crippen LogP contribution in [0, 0.1) is 0 Å². The lowest BCUT2D eigenvalue weighted by molar-refractivity contribution is -0.137. The van der Waals surface area contributed by atoms with E-state index in [4.69, 9.17) is 16.3 Å². The van der Waals surface area contributed by atoms with E-state index in [9.17, 15) is 13.2 Å². The molecule has 1 fully saturated rings. The average Bonchev–Trinajstić information content (AvgIpc) is 2.64. The Bertz CT molecular complexity index is 488. The monoisotopic (exact) mass is 307 g/mol. The van der Waals surface area contributed by atoms with E-state index >= 15 is 0 Å². The first-order chi connectivity index (χ1) is 9.16. The van der Waals surface area contributed by atoms with Crippen LogP contribution in [-0.4, -0.2) is 18.2 Å². The van der Waals surface area contributed by atoms with Crippen LogP contribution in [0.5, 0.6) is 0 Å². The molecule has 1 unspecified atom stereocenters. The maximum Gasteiger partial charge on any atom is 0.416 e. The van der Waals surface area contributed by atoms with Gasteiger partial charge in [-0.15, -0.1) is 0 Å². The molecule has 1 aromatic rings. The van der Waals surface area contributed by atoms with Gasteiger partial charge in [-0.25, -0.2) is 0 Å². The molecular formula is C14H17ClF3NO. The van der Waals surface area contributed by atoms with Crippen molar-refractivity contribution in [2.75, 3.05) is 11.9 Å². The zero-order valence-electron chi connectivity index (χ0n) is 11.4. The molecule has 112 valence electrons. The highest BCUT2D eigenvalue weighted by molar-refractivity contribution is 6.30. The van der Waals surface area contributed by atoms with E-state index in [0.29, 0.717) is 12.2 Å². The molecule has 2 nitrogen and oxygen atoms in total. The van der Waals surface area contributed by atoms with Crippen LogP contribution in [0.15, 0.2) is 18.2 Å². The van der Waals surface area contributed by atoms with Gasteiger partial charge in [0.2, 0.25) is 0 Å². The summed E-state index contributed by atoms with van der Waals surface area (Å²) >= 11 is 5.73. The van der Waals surface area contributed by atoms with Gasteiger partial charge in [-0.05, 0) is 44.9 Å². The molecule has 6 heteroatoms. The Morgan fingerprint density at radius 1 is 1.35 bits per heavy atom. The molecule has 1 aliphatic heterocycles. The zero-order chi connectivity index (χ0) is 15.0. The largest absolute Gasteiger partial charge is 0.416 e. The van der Waals surface area contributed by atoms with Gasteiger partial charge in [-0.2, -0.15) is 13.2 Å². The number of anilines is 1. The van der Waals surface area contributed by atoms with E-state index in [-0.39, 0.29) is 16.7 Å². The summed E-state index contributed by atoms with van der Waals surface area (Å²) in [4.78, 5) is 0. The highest BCUT2D eigenvalue weighted by atomic mass is 35.5. The fourth-order valence-corrected chi connectivity index (χ4v) is 2.54. The standard InChI is InChI=1S/C14H17ClF3NO/c1-13(2)4-3-12(20-13)8-19-11-6-9(14(16,17)18)5-10(15)7-11/h5-7,12,19H,3-4,8H2,1-2H3. The summed E-state index contributed by atoms with van der Waals surface area (Å²) in [6.45, 7) is 4.49. The van der Waals surface area contributed by atoms with E-state index < -0.39 is 11.7 Å². The third-order valence-corrected chi connectivity index (χ3v) is 3.53. The summed E-state index contributed by atoms with van der Waals surface area (Å²) in [6, 6.07) is 3.46. The van der Waals surface area contributed by atoms with Crippen molar-refractivity contribution in [1.29, 1.82) is 0 Å². The first kappa shape index (κ1) is 15.4. The van der Waals surface area contributed by atoms with Crippen molar-refractivity contribution in [2.45, 2.75) is 44.6 Å². The van der Waals surface area contributed by atoms with E-state index in [1.807, 2.05) is 13.8 Å². The summed E-state index contributed by atoms with van der Waals surface area (Å²) in [7, 11) is 0. The van der Waals surface area contributed by atoms with Gasteiger partial charge in [0.25, 0.3) is 0 Å². The minimum atomic E-state index is -4.40. The van der Waals surface area contributed by atoms with Crippen LogP contribution < -0.4 is 5.32 Å². The van der Waals surface area contributed by atoms with Crippen LogP contribution in [0.25, 0.3) is 0 Å². The van der Waals surface area contributed by atoms with Gasteiger partial charge in [0.1, 0.15) is 0 Å². The molecule has 20 heavy (non-hydrogen) atoms. The molecule has 0 aliphatic carbocycles. The molecule has 0 spiro atoms. The topological polar surface area (TPSA) is 21.3 Å². The van der Waals surface area contributed by atoms with E-state index in [0.717, 1.165) is 25.0 Å². The third-order valence-electron chi connectivity index (χ3n) is 3.31. The molecule has 1 atom stereocenters. The second-order valence-corrected chi connectivity index (χ2v) is 6.08. The van der Waals surface area contributed by atoms with Crippen molar-refractivity contribution in [2.24, 2.45) is 0 Å². The van der Waals surface area contributed by atoms with Crippen molar-refractivity contribution >= 4 is 17.3 Å². The number of benzene rings is 1. The molecule has 1 aliphatic rings. The van der Waals surface area contributed by atoms with Gasteiger partial charge in [-0.3, -0.25) is 0 Å². The molecule has 1 N–H and O–H groups in total. The number of rotatable bonds is 3. The Labute approximate surface area is 121 Å². The molecular weight excluding hydrogens is 291 g/mol. The van der Waals surface area contributed by atoms with Crippen molar-refractivity contribution in [3.05, 3.63) is 28.8 Å². The molecule has 0 bridgehead atoms. The number of alkyl halides is 3. The number of halogens is 4. The van der Waals surface area contributed by atoms with E-state index in [2.05, 4.69) is 5.32 Å². The lowest BCUT2D eigenvalue weighted by Crippen LogP contribution is -2.24. The first-order valence-electron chi connectivity index (χ1n) is 6.45. The van der Waals surface area contributed by atoms with E-state index in [1.165, 1.54) is 6.07 Å². The molecule has 0 radical (unpaired) electrons. The summed E-state index contributed by atoms with van der Waals surface area (Å²) in [5.74, 6) is 0. The maximum absolute atomic E-state index is 12.7. The minimum absolute atomic E-state index is 0.0123. The normalized spacial score (nSPS) is 22.0. The number of hydrogen-bond donors (Lipinski definition) is 1. The fraction of sp³-hybridized carbons (Fsp3) is 0.571. The van der Waals surface area contributed by atoms with Gasteiger partial charge >= 0.3 is 6.18 Å². The molecule has 0 aromatic heterocycles. The van der Waals surface area contributed by atoms with Crippen LogP contribution in [0.4, 0.5) is 18.9 Å². The maximum atomic E-state index is 12.7. The second-order valence-electron chi connectivity index (χ2n) is 5.65. The molecule has 1 heterocycles. The Kier molecular flexibility index (Phi) is 4.21. The SMILES string of the molecule is CC1(C)CCC(CNc2cc(Cl)cc(C(F)(F)F)c2)O1. The highest BCUT2D eigenvalue weighted by Gasteiger charge is 2.32. The van der Waals surface area contributed by atoms with Crippen molar-refractivity contribution < 1.29 is 17.9 Å². The molecule has 0 saturated carbocycles. The van der Waals surface area contributed by atoms with E-state index in [1.54, 1.807) is 0 Å². The second kappa shape index (κ2) is 5.45. The van der Waals surface area contributed by atoms with Crippen LogP contribution in [0.2, 0.25) is 5.02 Å². The smallest absolute Gasteiger partial charge is 0.382 e. The van der Waals surface area contributed by atoms with Crippen molar-refractivity contribution in [3.63, 3.8) is 0 Å². The van der Waals surface area contributed by atoms with Gasteiger partial charge in [-0.1, -0.05) is 11.6 Å². The predicted octanol–water partition coefficient (Wildman–Crippen LogP) is 4.73. The van der Waals surface area contributed by atoms with Crippen LogP contribution in [0.1, 0.15) is 32.3 Å². The summed E-state index contributed by atoms with van der Waals surface area (Å²) in [5, 5.41) is 3.03. The average molecular weight is 308 g/mol. The molecule has 1 saturated heterocycles. The Morgan fingerprint density at radius 3 is 2.60 bits per heavy atom. The van der Waals surface area contributed by atoms with Crippen molar-refractivity contribution in [3.8, 4) is 0 Å². The fourth-order valence-electron chi connectivity index (χ4n) is 2.31. The molecule has 1 aromatic carbocycles. The van der Waals surface area contributed by atoms with Gasteiger partial charge < -0.3 is 10.1 Å². The predicted molar refractivity (Wildman–Crippen MR) is 73.1 cm³/mol.